The van der Waals surface area contributed by atoms with Gasteiger partial charge in [-0.2, -0.15) is 0 Å². The van der Waals surface area contributed by atoms with Crippen LogP contribution in [0.1, 0.15) is 6.42 Å². The topological polar surface area (TPSA) is 37.4 Å². The lowest BCUT2D eigenvalue weighted by Gasteiger charge is -2.35. The quantitative estimate of drug-likeness (QED) is 0.619. The average Bonchev–Trinajstić information content (AvgIpc) is 1.75. The molecule has 1 saturated heterocycles. The van der Waals surface area contributed by atoms with Gasteiger partial charge in [-0.3, -0.25) is 0 Å². The van der Waals surface area contributed by atoms with Crippen molar-refractivity contribution in [2.75, 3.05) is 25.9 Å². The summed E-state index contributed by atoms with van der Waals surface area (Å²) < 4.78 is 21.0. The molecule has 0 aromatic heterocycles. The fraction of sp³-hybridized carbons (Fsp3) is 1.00. The monoisotopic (exact) mass is 197 g/mol. The second kappa shape index (κ2) is 3.29. The van der Waals surface area contributed by atoms with Crippen LogP contribution in [0.15, 0.2) is 0 Å². The summed E-state index contributed by atoms with van der Waals surface area (Å²) in [5.41, 5.74) is 0. The molecular formula is C6H12ClNO2S. The van der Waals surface area contributed by atoms with Gasteiger partial charge in [-0.25, -0.2) is 8.42 Å². The molecule has 3 nitrogen and oxygen atoms in total. The zero-order valence-corrected chi connectivity index (χ0v) is 8.03. The molecule has 0 bridgehead atoms. The van der Waals surface area contributed by atoms with Crippen LogP contribution in [0.4, 0.5) is 0 Å². The van der Waals surface area contributed by atoms with Gasteiger partial charge in [-0.1, -0.05) is 0 Å². The van der Waals surface area contributed by atoms with Crippen LogP contribution in [0.25, 0.3) is 0 Å². The van der Waals surface area contributed by atoms with Gasteiger partial charge in [0.1, 0.15) is 0 Å². The molecule has 0 unspecified atom stereocenters. The molecule has 0 aliphatic carbocycles. The Morgan fingerprint density at radius 2 is 2.09 bits per heavy atom. The van der Waals surface area contributed by atoms with Crippen LogP contribution in [0, 0.1) is 5.92 Å². The first kappa shape index (κ1) is 9.29. The first-order valence-electron chi connectivity index (χ1n) is 3.58. The molecule has 0 spiro atoms. The standard InChI is InChI=1S/C6H12ClNO2S/c1-8-4-6(5-8)2-3-11(7,9)10/h6H,2-5H2,1H3. The van der Waals surface area contributed by atoms with Crippen molar-refractivity contribution in [1.82, 2.24) is 4.90 Å². The van der Waals surface area contributed by atoms with E-state index in [9.17, 15) is 8.42 Å². The minimum atomic E-state index is -3.26. The Bertz CT molecular complexity index is 221. The third kappa shape index (κ3) is 3.40. The van der Waals surface area contributed by atoms with Gasteiger partial charge in [0.25, 0.3) is 0 Å². The summed E-state index contributed by atoms with van der Waals surface area (Å²) in [6.45, 7) is 2.01. The van der Waals surface area contributed by atoms with Crippen molar-refractivity contribution in [3.8, 4) is 0 Å². The third-order valence-corrected chi connectivity index (χ3v) is 3.10. The highest BCUT2D eigenvalue weighted by atomic mass is 35.7. The molecule has 1 aliphatic heterocycles. The maximum Gasteiger partial charge on any atom is 0.232 e. The van der Waals surface area contributed by atoms with Crippen LogP contribution < -0.4 is 0 Å². The minimum absolute atomic E-state index is 0.118. The van der Waals surface area contributed by atoms with Crippen molar-refractivity contribution < 1.29 is 8.42 Å². The summed E-state index contributed by atoms with van der Waals surface area (Å²) in [6, 6.07) is 0. The van der Waals surface area contributed by atoms with E-state index in [-0.39, 0.29) is 5.75 Å². The van der Waals surface area contributed by atoms with E-state index in [1.54, 1.807) is 0 Å². The summed E-state index contributed by atoms with van der Waals surface area (Å²) >= 11 is 0. The predicted molar refractivity (Wildman–Crippen MR) is 45.2 cm³/mol. The molecule has 0 N–H and O–H groups in total. The van der Waals surface area contributed by atoms with Gasteiger partial charge >= 0.3 is 0 Å². The van der Waals surface area contributed by atoms with Crippen molar-refractivity contribution in [2.24, 2.45) is 5.92 Å². The summed E-state index contributed by atoms with van der Waals surface area (Å²) in [6.07, 6.45) is 0.705. The Labute approximate surface area is 71.8 Å². The Morgan fingerprint density at radius 3 is 2.45 bits per heavy atom. The highest BCUT2D eigenvalue weighted by molar-refractivity contribution is 8.13. The van der Waals surface area contributed by atoms with Crippen molar-refractivity contribution in [2.45, 2.75) is 6.42 Å². The van der Waals surface area contributed by atoms with E-state index in [1.807, 2.05) is 7.05 Å². The Morgan fingerprint density at radius 1 is 1.55 bits per heavy atom. The fourth-order valence-electron chi connectivity index (χ4n) is 1.32. The predicted octanol–water partition coefficient (Wildman–Crippen LogP) is 0.507. The molecule has 0 amide bonds. The Balaban J connectivity index is 2.15. The molecule has 1 heterocycles. The number of likely N-dealkylation sites (tertiary alicyclic amines) is 1. The normalized spacial score (nSPS) is 21.6. The Kier molecular flexibility index (Phi) is 2.78. The van der Waals surface area contributed by atoms with Crippen LogP contribution in [0.3, 0.4) is 0 Å². The highest BCUT2D eigenvalue weighted by Gasteiger charge is 2.24. The van der Waals surface area contributed by atoms with E-state index in [0.717, 1.165) is 13.1 Å². The van der Waals surface area contributed by atoms with Gasteiger partial charge in [0.2, 0.25) is 9.05 Å². The molecular weight excluding hydrogens is 186 g/mol. The van der Waals surface area contributed by atoms with Gasteiger partial charge in [-0.05, 0) is 19.4 Å². The molecule has 66 valence electrons. The van der Waals surface area contributed by atoms with Crippen molar-refractivity contribution in [3.05, 3.63) is 0 Å². The van der Waals surface area contributed by atoms with E-state index < -0.39 is 9.05 Å². The maximum absolute atomic E-state index is 10.5. The number of rotatable bonds is 3. The first-order valence-corrected chi connectivity index (χ1v) is 6.06. The van der Waals surface area contributed by atoms with Crippen molar-refractivity contribution in [1.29, 1.82) is 0 Å². The lowest BCUT2D eigenvalue weighted by Crippen LogP contribution is -2.44. The molecule has 1 fully saturated rings. The van der Waals surface area contributed by atoms with Crippen LogP contribution in [0.5, 0.6) is 0 Å². The molecule has 1 rings (SSSR count). The van der Waals surface area contributed by atoms with Crippen LogP contribution in [-0.2, 0) is 9.05 Å². The second-order valence-corrected chi connectivity index (χ2v) is 6.02. The van der Waals surface area contributed by atoms with E-state index in [4.69, 9.17) is 10.7 Å². The number of hydrogen-bond donors (Lipinski definition) is 0. The lowest BCUT2D eigenvalue weighted by atomic mass is 9.99. The number of halogens is 1. The molecule has 0 radical (unpaired) electrons. The summed E-state index contributed by atoms with van der Waals surface area (Å²) in [7, 11) is 3.81. The number of nitrogens with zero attached hydrogens (tertiary/aromatic N) is 1. The van der Waals surface area contributed by atoms with Crippen LogP contribution in [0.2, 0.25) is 0 Å². The van der Waals surface area contributed by atoms with Crippen LogP contribution in [-0.4, -0.2) is 39.2 Å². The SMILES string of the molecule is CN1CC(CCS(=O)(=O)Cl)C1. The smallest absolute Gasteiger partial charge is 0.232 e. The highest BCUT2D eigenvalue weighted by Crippen LogP contribution is 2.17. The van der Waals surface area contributed by atoms with Gasteiger partial charge < -0.3 is 4.90 Å². The fourth-order valence-corrected chi connectivity index (χ4v) is 2.20. The first-order chi connectivity index (χ1) is 4.97. The molecule has 11 heavy (non-hydrogen) atoms. The average molecular weight is 198 g/mol. The number of hydrogen-bond acceptors (Lipinski definition) is 3. The zero-order chi connectivity index (χ0) is 8.48. The zero-order valence-electron chi connectivity index (χ0n) is 6.46. The van der Waals surface area contributed by atoms with E-state index >= 15 is 0 Å². The summed E-state index contributed by atoms with van der Waals surface area (Å²) in [4.78, 5) is 2.16. The van der Waals surface area contributed by atoms with Gasteiger partial charge in [0, 0.05) is 23.8 Å². The van der Waals surface area contributed by atoms with Crippen LogP contribution >= 0.6 is 10.7 Å². The molecule has 1 aliphatic rings. The lowest BCUT2D eigenvalue weighted by molar-refractivity contribution is 0.132. The van der Waals surface area contributed by atoms with Crippen molar-refractivity contribution >= 4 is 19.7 Å². The van der Waals surface area contributed by atoms with Gasteiger partial charge in [-0.15, -0.1) is 0 Å². The molecule has 0 atom stereocenters. The molecule has 0 aromatic carbocycles. The third-order valence-electron chi connectivity index (χ3n) is 1.91. The maximum atomic E-state index is 10.5. The minimum Gasteiger partial charge on any atom is -0.306 e. The largest absolute Gasteiger partial charge is 0.306 e. The van der Waals surface area contributed by atoms with Gasteiger partial charge in [0.15, 0.2) is 0 Å². The van der Waals surface area contributed by atoms with Crippen molar-refractivity contribution in [3.63, 3.8) is 0 Å². The molecule has 0 saturated carbocycles. The summed E-state index contributed by atoms with van der Waals surface area (Å²) in [5.74, 6) is 0.654. The van der Waals surface area contributed by atoms with E-state index in [2.05, 4.69) is 4.90 Å². The molecule has 5 heteroatoms. The Hall–Kier alpha value is 0.200. The van der Waals surface area contributed by atoms with E-state index in [1.165, 1.54) is 0 Å². The summed E-state index contributed by atoms with van der Waals surface area (Å²) in [5, 5.41) is 0. The van der Waals surface area contributed by atoms with Gasteiger partial charge in [0.05, 0.1) is 5.75 Å². The second-order valence-electron chi connectivity index (χ2n) is 3.12. The molecule has 0 aromatic rings. The van der Waals surface area contributed by atoms with E-state index in [0.29, 0.717) is 12.3 Å².